The predicted molar refractivity (Wildman–Crippen MR) is 81.7 cm³/mol. The van der Waals surface area contributed by atoms with Crippen molar-refractivity contribution in [2.45, 2.75) is 44.5 Å². The molecule has 3 aliphatic heterocycles. The zero-order valence-corrected chi connectivity index (χ0v) is 13.6. The molecule has 0 aliphatic carbocycles. The van der Waals surface area contributed by atoms with Crippen molar-refractivity contribution in [1.82, 2.24) is 4.98 Å². The molecule has 0 aromatic carbocycles. The summed E-state index contributed by atoms with van der Waals surface area (Å²) in [5, 5.41) is 19.3. The standard InChI is InChI=1S/C17H17N3O4/c1-8-4-9(7-19-10(8)6-18)20-14(22)12-13(15(20)23)17(3)11(21)5-16(12,2)24-17/h4,7,11-13,21H,5H2,1-3H3/t11-,12+,13-,16?,17?/m1/s1. The van der Waals surface area contributed by atoms with Crippen LogP contribution in [0.15, 0.2) is 12.3 Å². The molecule has 7 heteroatoms. The van der Waals surface area contributed by atoms with E-state index in [9.17, 15) is 14.7 Å². The minimum Gasteiger partial charge on any atom is -0.390 e. The number of rotatable bonds is 1. The molecule has 124 valence electrons. The lowest BCUT2D eigenvalue weighted by Crippen LogP contribution is -2.49. The van der Waals surface area contributed by atoms with Crippen molar-refractivity contribution < 1.29 is 19.4 Å². The van der Waals surface area contributed by atoms with Gasteiger partial charge in [-0.25, -0.2) is 9.88 Å². The highest BCUT2D eigenvalue weighted by Gasteiger charge is 2.75. The maximum absolute atomic E-state index is 13.0. The van der Waals surface area contributed by atoms with E-state index in [1.807, 2.05) is 6.07 Å². The Balaban J connectivity index is 1.79. The van der Waals surface area contributed by atoms with Gasteiger partial charge in [0.05, 0.1) is 35.4 Å². The van der Waals surface area contributed by atoms with Crippen molar-refractivity contribution in [3.63, 3.8) is 0 Å². The van der Waals surface area contributed by atoms with Crippen LogP contribution < -0.4 is 4.90 Å². The zero-order chi connectivity index (χ0) is 17.4. The molecular weight excluding hydrogens is 310 g/mol. The Kier molecular flexibility index (Phi) is 2.80. The smallest absolute Gasteiger partial charge is 0.240 e. The quantitative estimate of drug-likeness (QED) is 0.761. The summed E-state index contributed by atoms with van der Waals surface area (Å²) < 4.78 is 5.93. The van der Waals surface area contributed by atoms with Crippen molar-refractivity contribution >= 4 is 17.5 Å². The van der Waals surface area contributed by atoms with Crippen LogP contribution in [0.2, 0.25) is 0 Å². The van der Waals surface area contributed by atoms with E-state index < -0.39 is 29.1 Å². The van der Waals surface area contributed by atoms with Gasteiger partial charge in [0.15, 0.2) is 0 Å². The second kappa shape index (κ2) is 4.41. The SMILES string of the molecule is Cc1cc(N2C(=O)[C@@H]3[C@H](C2=O)C2(C)OC3(C)C[C@H]2O)cnc1C#N. The number of carbonyl (C=O) groups is 2. The summed E-state index contributed by atoms with van der Waals surface area (Å²) in [7, 11) is 0. The minimum atomic E-state index is -1.05. The van der Waals surface area contributed by atoms with E-state index in [2.05, 4.69) is 4.98 Å². The molecule has 3 aliphatic rings. The number of pyridine rings is 1. The summed E-state index contributed by atoms with van der Waals surface area (Å²) in [5.41, 5.74) is -0.664. The number of aliphatic hydroxyl groups excluding tert-OH is 1. The molecular formula is C17H17N3O4. The number of aliphatic hydroxyl groups is 1. The highest BCUT2D eigenvalue weighted by molar-refractivity contribution is 6.23. The number of anilines is 1. The molecule has 24 heavy (non-hydrogen) atoms. The molecule has 4 heterocycles. The fraction of sp³-hybridized carbons (Fsp3) is 0.529. The molecule has 1 aromatic heterocycles. The Bertz CT molecular complexity index is 832. The van der Waals surface area contributed by atoms with Crippen LogP contribution in [0.1, 0.15) is 31.5 Å². The lowest BCUT2D eigenvalue weighted by Gasteiger charge is -2.31. The molecule has 0 radical (unpaired) electrons. The van der Waals surface area contributed by atoms with E-state index in [0.717, 1.165) is 4.90 Å². The van der Waals surface area contributed by atoms with Crippen molar-refractivity contribution in [3.05, 3.63) is 23.5 Å². The number of nitriles is 1. The Morgan fingerprint density at radius 2 is 2.04 bits per heavy atom. The molecule has 3 fully saturated rings. The van der Waals surface area contributed by atoms with Crippen LogP contribution in [-0.2, 0) is 14.3 Å². The van der Waals surface area contributed by atoms with Crippen LogP contribution in [0.5, 0.6) is 0 Å². The Morgan fingerprint density at radius 3 is 2.67 bits per heavy atom. The normalized spacial score (nSPS) is 40.1. The van der Waals surface area contributed by atoms with Crippen LogP contribution in [0.25, 0.3) is 0 Å². The summed E-state index contributed by atoms with van der Waals surface area (Å²) in [6.45, 7) is 5.19. The Hall–Kier alpha value is -2.30. The molecule has 0 spiro atoms. The monoisotopic (exact) mass is 327 g/mol. The van der Waals surface area contributed by atoms with Gasteiger partial charge in [-0.2, -0.15) is 5.26 Å². The molecule has 1 N–H and O–H groups in total. The second-order valence-electron chi connectivity index (χ2n) is 7.26. The van der Waals surface area contributed by atoms with E-state index >= 15 is 0 Å². The Morgan fingerprint density at radius 1 is 1.38 bits per heavy atom. The number of nitrogens with zero attached hydrogens (tertiary/aromatic N) is 3. The first-order valence-electron chi connectivity index (χ1n) is 7.86. The second-order valence-corrected chi connectivity index (χ2v) is 7.26. The topological polar surface area (TPSA) is 104 Å². The third-order valence-electron chi connectivity index (χ3n) is 5.72. The summed E-state index contributed by atoms with van der Waals surface area (Å²) in [5.74, 6) is -2.00. The summed E-state index contributed by atoms with van der Waals surface area (Å²) >= 11 is 0. The average Bonchev–Trinajstić information content (AvgIpc) is 3.01. The first-order chi connectivity index (χ1) is 11.2. The number of imide groups is 1. The number of aryl methyl sites for hydroxylation is 1. The van der Waals surface area contributed by atoms with Gasteiger partial charge in [0, 0.05) is 6.42 Å². The Labute approximate surface area is 138 Å². The van der Waals surface area contributed by atoms with Crippen LogP contribution in [0.4, 0.5) is 5.69 Å². The van der Waals surface area contributed by atoms with E-state index in [4.69, 9.17) is 10.00 Å². The summed E-state index contributed by atoms with van der Waals surface area (Å²) in [4.78, 5) is 31.1. The van der Waals surface area contributed by atoms with Crippen LogP contribution in [-0.4, -0.2) is 39.2 Å². The molecule has 0 saturated carbocycles. The predicted octanol–water partition coefficient (Wildman–Crippen LogP) is 0.680. The van der Waals surface area contributed by atoms with Gasteiger partial charge in [-0.05, 0) is 32.4 Å². The fourth-order valence-electron chi connectivity index (χ4n) is 4.58. The van der Waals surface area contributed by atoms with Crippen molar-refractivity contribution in [3.8, 4) is 6.07 Å². The van der Waals surface area contributed by atoms with Gasteiger partial charge in [0.1, 0.15) is 17.4 Å². The molecule has 7 nitrogen and oxygen atoms in total. The van der Waals surface area contributed by atoms with Crippen LogP contribution >= 0.6 is 0 Å². The summed E-state index contributed by atoms with van der Waals surface area (Å²) in [6, 6.07) is 3.58. The molecule has 5 atom stereocenters. The largest absolute Gasteiger partial charge is 0.390 e. The minimum absolute atomic E-state index is 0.260. The van der Waals surface area contributed by atoms with Crippen molar-refractivity contribution in [2.75, 3.05) is 4.90 Å². The molecule has 2 bridgehead atoms. The average molecular weight is 327 g/mol. The van der Waals surface area contributed by atoms with Crippen molar-refractivity contribution in [2.24, 2.45) is 11.8 Å². The molecule has 2 unspecified atom stereocenters. The number of carbonyl (C=O) groups excluding carboxylic acids is 2. The van der Waals surface area contributed by atoms with Crippen LogP contribution in [0, 0.1) is 30.1 Å². The third kappa shape index (κ3) is 1.60. The van der Waals surface area contributed by atoms with Crippen LogP contribution in [0.3, 0.4) is 0 Å². The molecule has 1 aromatic rings. The summed E-state index contributed by atoms with van der Waals surface area (Å²) in [6.07, 6.45) is 0.926. The number of hydrogen-bond donors (Lipinski definition) is 1. The van der Waals surface area contributed by atoms with E-state index in [-0.39, 0.29) is 17.5 Å². The maximum atomic E-state index is 13.0. The van der Waals surface area contributed by atoms with E-state index in [0.29, 0.717) is 17.7 Å². The molecule has 3 saturated heterocycles. The number of aromatic nitrogens is 1. The first-order valence-corrected chi connectivity index (χ1v) is 7.86. The molecule has 4 rings (SSSR count). The third-order valence-corrected chi connectivity index (χ3v) is 5.72. The lowest BCUT2D eigenvalue weighted by atomic mass is 9.67. The fourth-order valence-corrected chi connectivity index (χ4v) is 4.58. The zero-order valence-electron chi connectivity index (χ0n) is 13.6. The van der Waals surface area contributed by atoms with E-state index in [1.54, 1.807) is 26.8 Å². The van der Waals surface area contributed by atoms with Crippen molar-refractivity contribution in [1.29, 1.82) is 5.26 Å². The lowest BCUT2D eigenvalue weighted by molar-refractivity contribution is -0.132. The van der Waals surface area contributed by atoms with Gasteiger partial charge in [-0.3, -0.25) is 9.59 Å². The van der Waals surface area contributed by atoms with E-state index in [1.165, 1.54) is 6.20 Å². The number of amides is 2. The van der Waals surface area contributed by atoms with Gasteiger partial charge in [-0.1, -0.05) is 0 Å². The first kappa shape index (κ1) is 15.2. The van der Waals surface area contributed by atoms with Gasteiger partial charge >= 0.3 is 0 Å². The van der Waals surface area contributed by atoms with Gasteiger partial charge in [0.2, 0.25) is 11.8 Å². The number of fused-ring (bicyclic) bond motifs is 5. The maximum Gasteiger partial charge on any atom is 0.240 e. The highest BCUT2D eigenvalue weighted by Crippen LogP contribution is 2.60. The van der Waals surface area contributed by atoms with Gasteiger partial charge in [0.25, 0.3) is 0 Å². The number of hydrogen-bond acceptors (Lipinski definition) is 6. The van der Waals surface area contributed by atoms with Gasteiger partial charge in [-0.15, -0.1) is 0 Å². The highest BCUT2D eigenvalue weighted by atomic mass is 16.6. The number of ether oxygens (including phenoxy) is 1. The van der Waals surface area contributed by atoms with Gasteiger partial charge < -0.3 is 9.84 Å². The molecule has 2 amide bonds.